The van der Waals surface area contributed by atoms with Gasteiger partial charge in [-0.2, -0.15) is 0 Å². The van der Waals surface area contributed by atoms with Crippen molar-refractivity contribution in [1.82, 2.24) is 73.7 Å². The second-order valence-electron chi connectivity index (χ2n) is 27.2. The first kappa shape index (κ1) is 85.2. The molecule has 7 rings (SSSR count). The number of halogens is 1. The Morgan fingerprint density at radius 2 is 1.28 bits per heavy atom. The predicted octanol–water partition coefficient (Wildman–Crippen LogP) is -0.702. The van der Waals surface area contributed by atoms with E-state index >= 15 is 14.4 Å². The van der Waals surface area contributed by atoms with Gasteiger partial charge in [-0.25, -0.2) is 0 Å². The zero-order valence-corrected chi connectivity index (χ0v) is 61.8. The molecule has 19 N–H and O–H groups in total. The predicted molar refractivity (Wildman–Crippen MR) is 403 cm³/mol. The van der Waals surface area contributed by atoms with Gasteiger partial charge in [0.25, 0.3) is 0 Å². The van der Waals surface area contributed by atoms with Crippen molar-refractivity contribution in [2.24, 2.45) is 28.2 Å². The Bertz CT molecular complexity index is 4190. The van der Waals surface area contributed by atoms with Crippen LogP contribution in [0.1, 0.15) is 101 Å². The number of likely N-dealkylation sites (tertiary alicyclic amines) is 1. The number of primary amides is 1. The van der Waals surface area contributed by atoms with E-state index in [1.54, 1.807) is 80.6 Å². The number of azide groups is 1. The molecule has 0 spiro atoms. The number of aromatic nitrogens is 1. The summed E-state index contributed by atoms with van der Waals surface area (Å²) < 4.78 is 0. The van der Waals surface area contributed by atoms with Crippen LogP contribution in [0.4, 0.5) is 0 Å². The van der Waals surface area contributed by atoms with Crippen LogP contribution in [0.5, 0.6) is 0 Å². The largest absolute Gasteiger partial charge is 0.370 e. The molecule has 3 heterocycles. The number of guanidine groups is 1. The molecule has 586 valence electrons. The fourth-order valence-corrected chi connectivity index (χ4v) is 12.7. The van der Waals surface area contributed by atoms with Crippen LogP contribution < -0.4 is 81.0 Å². The lowest BCUT2D eigenvalue weighted by atomic mass is 9.99. The Morgan fingerprint density at radius 1 is 0.664 bits per heavy atom. The minimum absolute atomic E-state index is 0.000826. The number of nitrogens with two attached hydrogens (primary N) is 3. The maximum absolute atomic E-state index is 15.1. The molecule has 0 radical (unpaired) electrons. The smallest absolute Gasteiger partial charge is 0.245 e. The average Bonchev–Trinajstić information content (AvgIpc) is 1.52. The van der Waals surface area contributed by atoms with Crippen LogP contribution in [0, 0.1) is 11.3 Å². The molecular weight excluding hydrogens is 1440 g/mol. The second kappa shape index (κ2) is 42.4. The number of hydrogen-bond acceptors (Lipinski definition) is 17. The highest BCUT2D eigenvalue weighted by molar-refractivity contribution is 6.30. The van der Waals surface area contributed by atoms with Gasteiger partial charge in [-0.05, 0) is 113 Å². The summed E-state index contributed by atoms with van der Waals surface area (Å²) in [5.74, 6) is -14.1. The van der Waals surface area contributed by atoms with Gasteiger partial charge in [0.15, 0.2) is 5.96 Å². The number of rotatable bonds is 30. The second-order valence-corrected chi connectivity index (χ2v) is 27.6. The molecule has 36 heteroatoms. The first-order chi connectivity index (χ1) is 52.6. The normalized spacial score (nSPS) is 19.3. The lowest BCUT2D eigenvalue weighted by Gasteiger charge is -2.31. The molecular formula is C74H94ClN21O14. The van der Waals surface area contributed by atoms with Crippen molar-refractivity contribution in [3.8, 4) is 0 Å². The highest BCUT2D eigenvalue weighted by Gasteiger charge is 2.41. The molecule has 2 aliphatic rings. The lowest BCUT2D eigenvalue weighted by Crippen LogP contribution is -2.61. The topological polar surface area (TPSA) is 550 Å². The number of pyridine rings is 1. The van der Waals surface area contributed by atoms with Gasteiger partial charge in [0.1, 0.15) is 66.5 Å². The minimum Gasteiger partial charge on any atom is -0.370 e. The van der Waals surface area contributed by atoms with Crippen molar-refractivity contribution in [1.29, 1.82) is 5.41 Å². The summed E-state index contributed by atoms with van der Waals surface area (Å²) in [5, 5.41) is 44.4. The number of nitrogens with one attached hydrogen (secondary N) is 13. The zero-order valence-electron chi connectivity index (χ0n) is 61.1. The Hall–Kier alpha value is -12.1. The van der Waals surface area contributed by atoms with Gasteiger partial charge in [0.05, 0.1) is 0 Å². The summed E-state index contributed by atoms with van der Waals surface area (Å²) in [4.78, 5) is 208. The van der Waals surface area contributed by atoms with Crippen molar-refractivity contribution in [3.05, 3.63) is 159 Å². The van der Waals surface area contributed by atoms with E-state index in [0.29, 0.717) is 33.7 Å². The number of fused-ring (bicyclic) bond motifs is 1. The molecule has 4 aromatic carbocycles. The maximum atomic E-state index is 15.1. The molecule has 35 nitrogen and oxygen atoms in total. The molecule has 2 aliphatic heterocycles. The van der Waals surface area contributed by atoms with Crippen molar-refractivity contribution >= 4 is 111 Å². The fraction of sp³-hybridized carbons (Fsp3) is 0.432. The van der Waals surface area contributed by atoms with Gasteiger partial charge >= 0.3 is 0 Å². The molecule has 5 aromatic rings. The zero-order chi connectivity index (χ0) is 80.0. The van der Waals surface area contributed by atoms with Crippen molar-refractivity contribution < 1.29 is 67.1 Å². The molecule has 1 aromatic heterocycles. The quantitative estimate of drug-likeness (QED) is 0.00675. The minimum atomic E-state index is -2.09. The summed E-state index contributed by atoms with van der Waals surface area (Å²) in [6.45, 7) is 3.99. The van der Waals surface area contributed by atoms with Crippen LogP contribution >= 0.6 is 11.6 Å². The third-order valence-electron chi connectivity index (χ3n) is 18.2. The number of nitrogens with zero attached hydrogens (tertiary/aromatic N) is 5. The molecule has 1 unspecified atom stereocenters. The third kappa shape index (κ3) is 27.0. The molecule has 14 amide bonds. The van der Waals surface area contributed by atoms with Crippen LogP contribution in [0.15, 0.2) is 127 Å². The number of carbonyl (C=O) groups is 14. The van der Waals surface area contributed by atoms with E-state index in [0.717, 1.165) is 10.8 Å². The van der Waals surface area contributed by atoms with Gasteiger partial charge in [0.2, 0.25) is 82.7 Å². The summed E-state index contributed by atoms with van der Waals surface area (Å²) in [5.41, 5.74) is 28.2. The first-order valence-electron chi connectivity index (χ1n) is 36.0. The number of amides is 14. The molecule has 2 fully saturated rings. The molecule has 110 heavy (non-hydrogen) atoms. The summed E-state index contributed by atoms with van der Waals surface area (Å²) >= 11 is 6.25. The third-order valence-corrected chi connectivity index (χ3v) is 18.4. The van der Waals surface area contributed by atoms with E-state index in [9.17, 15) is 58.3 Å². The van der Waals surface area contributed by atoms with Crippen LogP contribution in [-0.4, -0.2) is 191 Å². The van der Waals surface area contributed by atoms with E-state index in [4.69, 9.17) is 34.2 Å². The number of hydrogen-bond donors (Lipinski definition) is 16. The van der Waals surface area contributed by atoms with Crippen LogP contribution in [0.2, 0.25) is 5.02 Å². The Morgan fingerprint density at radius 3 is 1.92 bits per heavy atom. The molecule has 2 saturated heterocycles. The number of benzene rings is 4. The van der Waals surface area contributed by atoms with E-state index < -0.39 is 174 Å². The monoisotopic (exact) mass is 1540 g/mol. The van der Waals surface area contributed by atoms with Crippen molar-refractivity contribution in [3.63, 3.8) is 0 Å². The van der Waals surface area contributed by atoms with E-state index in [1.165, 1.54) is 30.3 Å². The highest BCUT2D eigenvalue weighted by Crippen LogP contribution is 2.22. The van der Waals surface area contributed by atoms with Gasteiger partial charge in [-0.15, -0.1) is 0 Å². The maximum Gasteiger partial charge on any atom is 0.245 e. The van der Waals surface area contributed by atoms with Gasteiger partial charge < -0.3 is 85.9 Å². The van der Waals surface area contributed by atoms with E-state index in [-0.39, 0.29) is 89.9 Å². The first-order valence-corrected chi connectivity index (χ1v) is 36.3. The Balaban J connectivity index is 1.23. The molecule has 0 bridgehead atoms. The summed E-state index contributed by atoms with van der Waals surface area (Å²) in [6.07, 6.45) is -0.551. The number of carbonyl (C=O) groups excluding carboxylic acids is 14. The average molecular weight is 1540 g/mol. The summed E-state index contributed by atoms with van der Waals surface area (Å²) in [7, 11) is 0. The van der Waals surface area contributed by atoms with Crippen LogP contribution in [-0.2, 0) is 92.8 Å². The lowest BCUT2D eigenvalue weighted by molar-refractivity contribution is -0.142. The molecule has 0 aliphatic carbocycles. The summed E-state index contributed by atoms with van der Waals surface area (Å²) in [6, 6.07) is 14.0. The van der Waals surface area contributed by atoms with Crippen LogP contribution in [0.3, 0.4) is 0 Å². The highest BCUT2D eigenvalue weighted by atomic mass is 35.5. The van der Waals surface area contributed by atoms with Gasteiger partial charge in [-0.1, -0.05) is 116 Å². The molecule has 11 atom stereocenters. The van der Waals surface area contributed by atoms with E-state index in [2.05, 4.69) is 78.8 Å². The molecule has 0 saturated carbocycles. The Kier molecular flexibility index (Phi) is 32.9. The Labute approximate surface area is 638 Å². The van der Waals surface area contributed by atoms with Crippen molar-refractivity contribution in [2.75, 3.05) is 26.2 Å². The van der Waals surface area contributed by atoms with Crippen LogP contribution in [0.25, 0.3) is 21.2 Å². The van der Waals surface area contributed by atoms with Gasteiger partial charge in [0, 0.05) is 94.0 Å². The standard InChI is InChI=1S/C74H94ClN21O14/c1-41(2)32-53-67(104)88-52(73(110)96-31-11-18-60(96)72(109)93-59(39-76)63(77)100)27-30-82-64(101)54(34-43-12-5-4-6-13-43)85-61(98)26-25-51(66(103)86-50(65(102)89-53)17-10-29-83-74(78)79)87-71(108)58(38-62(99)94-95-80)92-70(107)57(37-46-14-9-28-81-40-46)91-69(106)56(35-44-20-23-49(75)24-21-44)90-68(105)55(84-42(3)97)36-45-19-22-47-15-7-8-16-48(47)33-45/h4-9,12-16,19-24,28,33,40-41,50-60H,10-11,17-18,25-27,29-32,34-39,76H2,1-3H3,(H2,77,100)(H,82,101)(H,84,97)(H,85,98)(H,86,103)(H,87,108)(H,88,104)(H,89,102)(H,90,105)(H,91,106)(H,92,107)(H,93,109)(H4,78,79,83)/t50-,51+,52+,53+,54-,55-,56-,57-,58+,59?,60+/m1/s1. The SMILES string of the molecule is CC(=O)N[C@H](Cc1ccc2ccccc2c1)C(=O)N[C@H](Cc1ccc(Cl)cc1)C(=O)N[C@H](Cc1cccnc1)C(=O)N[C@@H](CC(=O)N=[N+]=[N-])C(=O)N[C@H]1CCC(=O)N[C@H](Cc2ccccc2)C(=O)NCC[C@@H](C(=O)N2CCC[C@H]2C(=O)NC(CN)C(N)=O)NC(=O)[C@H](CC(C)C)NC(=O)[C@@H](CCCNC(=N)N)NC1=O. The van der Waals surface area contributed by atoms with E-state index in [1.807, 2.05) is 36.4 Å². The van der Waals surface area contributed by atoms with Crippen molar-refractivity contribution in [2.45, 2.75) is 171 Å². The fourth-order valence-electron chi connectivity index (χ4n) is 12.6. The van der Waals surface area contributed by atoms with Gasteiger partial charge in [-0.3, -0.25) is 77.5 Å².